The van der Waals surface area contributed by atoms with Crippen LogP contribution in [0.25, 0.3) is 0 Å². The first-order valence-corrected chi connectivity index (χ1v) is 6.90. The van der Waals surface area contributed by atoms with E-state index in [1.807, 2.05) is 11.8 Å². The number of β-amino-alcohol motifs (C(OH)–C–C–N with tert-alkyl or cyclic N) is 1. The summed E-state index contributed by atoms with van der Waals surface area (Å²) in [6, 6.07) is -0.389. The molecule has 0 aliphatic carbocycles. The highest BCUT2D eigenvalue weighted by atomic mass is 16.3. The van der Waals surface area contributed by atoms with Gasteiger partial charge < -0.3 is 20.2 Å². The molecule has 6 nitrogen and oxygen atoms in total. The first-order chi connectivity index (χ1) is 8.86. The van der Waals surface area contributed by atoms with Crippen LogP contribution in [0, 0.1) is 0 Å². The highest BCUT2D eigenvalue weighted by Crippen LogP contribution is 2.18. The number of amides is 1. The normalized spacial score (nSPS) is 30.1. The molecule has 1 aliphatic rings. The van der Waals surface area contributed by atoms with Gasteiger partial charge in [-0.25, -0.2) is 0 Å². The maximum Gasteiger partial charge on any atom is 0.219 e. The van der Waals surface area contributed by atoms with Crippen molar-refractivity contribution in [1.29, 1.82) is 0 Å². The second kappa shape index (κ2) is 7.19. The highest BCUT2D eigenvalue weighted by Gasteiger charge is 2.38. The number of rotatable bonds is 5. The van der Waals surface area contributed by atoms with Crippen LogP contribution in [-0.2, 0) is 4.79 Å². The standard InChI is InChI=1S/C13H26N2O4/c1-4-15(10(3)17)11-7-14(6-5-9(2)16)8-12(18)13(11)19/h9,11-13,16,18-19H,4-8H2,1-3H3/t9-,11+,12-,13-/m1/s1. The van der Waals surface area contributed by atoms with Crippen molar-refractivity contribution in [3.8, 4) is 0 Å². The third-order valence-electron chi connectivity index (χ3n) is 3.69. The lowest BCUT2D eigenvalue weighted by atomic mass is 9.97. The molecule has 0 saturated carbocycles. The highest BCUT2D eigenvalue weighted by molar-refractivity contribution is 5.73. The fourth-order valence-electron chi connectivity index (χ4n) is 2.60. The topological polar surface area (TPSA) is 84.2 Å². The number of carbonyl (C=O) groups excluding carboxylic acids is 1. The van der Waals surface area contributed by atoms with Crippen LogP contribution >= 0.6 is 0 Å². The molecule has 6 heteroatoms. The molecule has 1 heterocycles. The van der Waals surface area contributed by atoms with Gasteiger partial charge in [0.15, 0.2) is 0 Å². The Morgan fingerprint density at radius 1 is 1.42 bits per heavy atom. The lowest BCUT2D eigenvalue weighted by Gasteiger charge is -2.44. The third kappa shape index (κ3) is 4.42. The molecule has 0 spiro atoms. The first-order valence-electron chi connectivity index (χ1n) is 6.90. The minimum absolute atomic E-state index is 0.101. The van der Waals surface area contributed by atoms with Gasteiger partial charge in [0.1, 0.15) is 6.10 Å². The van der Waals surface area contributed by atoms with Crippen LogP contribution in [0.4, 0.5) is 0 Å². The number of aliphatic hydroxyl groups excluding tert-OH is 3. The van der Waals surface area contributed by atoms with E-state index in [1.54, 1.807) is 11.8 Å². The molecule has 1 amide bonds. The summed E-state index contributed by atoms with van der Waals surface area (Å²) in [5.74, 6) is -0.101. The number of likely N-dealkylation sites (N-methyl/N-ethyl adjacent to an activating group) is 1. The molecule has 3 N–H and O–H groups in total. The predicted molar refractivity (Wildman–Crippen MR) is 71.6 cm³/mol. The lowest BCUT2D eigenvalue weighted by Crippen LogP contribution is -2.62. The number of piperidine rings is 1. The van der Waals surface area contributed by atoms with Crippen LogP contribution in [0.5, 0.6) is 0 Å². The molecule has 0 bridgehead atoms. The van der Waals surface area contributed by atoms with E-state index in [1.165, 1.54) is 6.92 Å². The Hall–Kier alpha value is -0.690. The monoisotopic (exact) mass is 274 g/mol. The third-order valence-corrected chi connectivity index (χ3v) is 3.69. The number of carbonyl (C=O) groups is 1. The van der Waals surface area contributed by atoms with Gasteiger partial charge in [0.05, 0.1) is 18.2 Å². The van der Waals surface area contributed by atoms with E-state index >= 15 is 0 Å². The van der Waals surface area contributed by atoms with Crippen molar-refractivity contribution in [2.24, 2.45) is 0 Å². The zero-order valence-corrected chi connectivity index (χ0v) is 12.0. The maximum atomic E-state index is 11.6. The van der Waals surface area contributed by atoms with Crippen molar-refractivity contribution in [2.45, 2.75) is 51.5 Å². The van der Waals surface area contributed by atoms with Gasteiger partial charge in [0.25, 0.3) is 0 Å². The van der Waals surface area contributed by atoms with Crippen LogP contribution < -0.4 is 0 Å². The quantitative estimate of drug-likeness (QED) is 0.601. The minimum Gasteiger partial charge on any atom is -0.393 e. The van der Waals surface area contributed by atoms with E-state index in [9.17, 15) is 20.1 Å². The largest absolute Gasteiger partial charge is 0.393 e. The molecule has 112 valence electrons. The van der Waals surface area contributed by atoms with E-state index in [2.05, 4.69) is 0 Å². The fraction of sp³-hybridized carbons (Fsp3) is 0.923. The average Bonchev–Trinajstić information content (AvgIpc) is 2.32. The van der Waals surface area contributed by atoms with E-state index in [-0.39, 0.29) is 11.9 Å². The molecule has 4 atom stereocenters. The van der Waals surface area contributed by atoms with E-state index in [0.717, 1.165) is 0 Å². The molecule has 1 rings (SSSR count). The molecular formula is C13H26N2O4. The van der Waals surface area contributed by atoms with Crippen LogP contribution in [0.1, 0.15) is 27.2 Å². The SMILES string of the molecule is CCN(C(C)=O)[C@H]1CN(CC[C@@H](C)O)C[C@@H](O)[C@@H]1O. The van der Waals surface area contributed by atoms with Gasteiger partial charge in [0.2, 0.25) is 5.91 Å². The summed E-state index contributed by atoms with van der Waals surface area (Å²) in [7, 11) is 0. The molecule has 0 aromatic rings. The molecule has 1 saturated heterocycles. The van der Waals surface area contributed by atoms with Crippen LogP contribution in [0.15, 0.2) is 0 Å². The van der Waals surface area contributed by atoms with E-state index in [4.69, 9.17) is 0 Å². The van der Waals surface area contributed by atoms with Crippen molar-refractivity contribution in [3.05, 3.63) is 0 Å². The van der Waals surface area contributed by atoms with Crippen molar-refractivity contribution >= 4 is 5.91 Å². The molecule has 1 aliphatic heterocycles. The van der Waals surface area contributed by atoms with Gasteiger partial charge in [-0.3, -0.25) is 9.69 Å². The number of hydrogen-bond acceptors (Lipinski definition) is 5. The van der Waals surface area contributed by atoms with Gasteiger partial charge in [-0.1, -0.05) is 0 Å². The van der Waals surface area contributed by atoms with Crippen LogP contribution in [0.3, 0.4) is 0 Å². The molecule has 19 heavy (non-hydrogen) atoms. The molecule has 0 unspecified atom stereocenters. The Balaban J connectivity index is 2.70. The predicted octanol–water partition coefficient (Wildman–Crippen LogP) is -0.968. The lowest BCUT2D eigenvalue weighted by molar-refractivity contribution is -0.142. The molecular weight excluding hydrogens is 248 g/mol. The van der Waals surface area contributed by atoms with Gasteiger partial charge in [-0.15, -0.1) is 0 Å². The van der Waals surface area contributed by atoms with Crippen molar-refractivity contribution in [3.63, 3.8) is 0 Å². The summed E-state index contributed by atoms with van der Waals surface area (Å²) in [5, 5.41) is 29.3. The van der Waals surface area contributed by atoms with Crippen molar-refractivity contribution in [2.75, 3.05) is 26.2 Å². The second-order valence-corrected chi connectivity index (χ2v) is 5.33. The van der Waals surface area contributed by atoms with Crippen molar-refractivity contribution < 1.29 is 20.1 Å². The number of nitrogens with zero attached hydrogens (tertiary/aromatic N) is 2. The van der Waals surface area contributed by atoms with Crippen LogP contribution in [0.2, 0.25) is 0 Å². The second-order valence-electron chi connectivity index (χ2n) is 5.33. The maximum absolute atomic E-state index is 11.6. The molecule has 1 fully saturated rings. The van der Waals surface area contributed by atoms with Gasteiger partial charge >= 0.3 is 0 Å². The van der Waals surface area contributed by atoms with Crippen LogP contribution in [-0.4, -0.2) is 81.6 Å². The van der Waals surface area contributed by atoms with Gasteiger partial charge in [0, 0.05) is 33.1 Å². The zero-order valence-electron chi connectivity index (χ0n) is 12.0. The Bertz CT molecular complexity index is 298. The number of aliphatic hydroxyl groups is 3. The molecule has 0 aromatic carbocycles. The summed E-state index contributed by atoms with van der Waals surface area (Å²) in [5.41, 5.74) is 0. The Morgan fingerprint density at radius 2 is 2.05 bits per heavy atom. The summed E-state index contributed by atoms with van der Waals surface area (Å²) in [6.45, 7) is 7.10. The molecule has 0 radical (unpaired) electrons. The summed E-state index contributed by atoms with van der Waals surface area (Å²) < 4.78 is 0. The average molecular weight is 274 g/mol. The summed E-state index contributed by atoms with van der Waals surface area (Å²) >= 11 is 0. The molecule has 0 aromatic heterocycles. The number of hydrogen-bond donors (Lipinski definition) is 3. The Morgan fingerprint density at radius 3 is 2.53 bits per heavy atom. The Labute approximate surface area is 114 Å². The zero-order chi connectivity index (χ0) is 14.6. The Kier molecular flexibility index (Phi) is 6.19. The fourth-order valence-corrected chi connectivity index (χ4v) is 2.60. The van der Waals surface area contributed by atoms with E-state index < -0.39 is 18.3 Å². The van der Waals surface area contributed by atoms with E-state index in [0.29, 0.717) is 32.6 Å². The first kappa shape index (κ1) is 16.4. The number of likely N-dealkylation sites (tertiary alicyclic amines) is 1. The van der Waals surface area contributed by atoms with Gasteiger partial charge in [-0.2, -0.15) is 0 Å². The summed E-state index contributed by atoms with van der Waals surface area (Å²) in [4.78, 5) is 15.1. The van der Waals surface area contributed by atoms with Gasteiger partial charge in [-0.05, 0) is 20.3 Å². The smallest absolute Gasteiger partial charge is 0.219 e. The minimum atomic E-state index is -0.911. The summed E-state index contributed by atoms with van der Waals surface area (Å²) in [6.07, 6.45) is -1.55. The van der Waals surface area contributed by atoms with Crippen molar-refractivity contribution in [1.82, 2.24) is 9.80 Å².